The third-order valence-electron chi connectivity index (χ3n) is 10.0. The van der Waals surface area contributed by atoms with Crippen LogP contribution >= 0.6 is 0 Å². The fourth-order valence-electron chi connectivity index (χ4n) is 7.51. The molecule has 1 unspecified atom stereocenters. The smallest absolute Gasteiger partial charge is 0.410 e. The minimum Gasteiger partial charge on any atom is -0.448 e. The summed E-state index contributed by atoms with van der Waals surface area (Å²) in [6.07, 6.45) is 2.40. The Morgan fingerprint density at radius 1 is 0.959 bits per heavy atom. The molecule has 0 bridgehead atoms. The molecule has 49 heavy (non-hydrogen) atoms. The molecule has 2 heterocycles. The van der Waals surface area contributed by atoms with Gasteiger partial charge in [0.25, 0.3) is 5.91 Å². The summed E-state index contributed by atoms with van der Waals surface area (Å²) in [5.74, 6) is -0.717. The first kappa shape index (κ1) is 32.8. The van der Waals surface area contributed by atoms with E-state index in [-0.39, 0.29) is 43.3 Å². The zero-order valence-electron chi connectivity index (χ0n) is 28.1. The third-order valence-corrected chi connectivity index (χ3v) is 10.0. The number of hydrogen-bond donors (Lipinski definition) is 2. The van der Waals surface area contributed by atoms with Crippen LogP contribution < -0.4 is 10.6 Å². The maximum atomic E-state index is 14.2. The topological polar surface area (TPSA) is 119 Å². The standard InChI is InChI=1S/C39H44N4O6/c1-3-12-32(35(47-4-2)37(45)40-26-19-20-26)41-36(44)34-22-39(21-33(42-49-39)25-13-6-5-7-14-25)24-43(34)38(46)48-23-31-29-17-10-8-15-27(29)28-16-9-11-18-30(28)31/h5-11,13-18,26,31-32,34-35H,3-4,12,19-24H2,1-2H3,(H,40,45)(H,41,44)/t32-,34-,35?,39+/m0/s1. The highest BCUT2D eigenvalue weighted by atomic mass is 16.7. The molecule has 1 saturated carbocycles. The van der Waals surface area contributed by atoms with Crippen LogP contribution in [0.15, 0.2) is 84.0 Å². The molecule has 3 aromatic rings. The van der Waals surface area contributed by atoms with Crippen molar-refractivity contribution >= 4 is 23.6 Å². The molecule has 10 nitrogen and oxygen atoms in total. The average Bonchev–Trinajstić information content (AvgIpc) is 3.58. The van der Waals surface area contributed by atoms with Crippen LogP contribution in [0, 0.1) is 0 Å². The Bertz CT molecular complexity index is 1680. The fraction of sp³-hybridized carbons (Fsp3) is 0.436. The van der Waals surface area contributed by atoms with E-state index >= 15 is 0 Å². The summed E-state index contributed by atoms with van der Waals surface area (Å²) >= 11 is 0. The molecule has 1 saturated heterocycles. The largest absolute Gasteiger partial charge is 0.448 e. The zero-order chi connectivity index (χ0) is 34.0. The summed E-state index contributed by atoms with van der Waals surface area (Å²) in [7, 11) is 0. The van der Waals surface area contributed by atoms with Crippen LogP contribution in [-0.4, -0.2) is 78.1 Å². The predicted octanol–water partition coefficient (Wildman–Crippen LogP) is 5.54. The van der Waals surface area contributed by atoms with Crippen molar-refractivity contribution < 1.29 is 28.7 Å². The zero-order valence-corrected chi connectivity index (χ0v) is 28.1. The van der Waals surface area contributed by atoms with E-state index in [4.69, 9.17) is 14.3 Å². The lowest BCUT2D eigenvalue weighted by Gasteiger charge is -2.30. The summed E-state index contributed by atoms with van der Waals surface area (Å²) < 4.78 is 12.0. The molecule has 3 amide bonds. The van der Waals surface area contributed by atoms with Gasteiger partial charge in [0.05, 0.1) is 18.3 Å². The number of carbonyl (C=O) groups is 3. The summed E-state index contributed by atoms with van der Waals surface area (Å²) in [6, 6.07) is 24.8. The molecule has 0 aromatic heterocycles. The Morgan fingerprint density at radius 2 is 1.63 bits per heavy atom. The third kappa shape index (κ3) is 6.79. The lowest BCUT2D eigenvalue weighted by molar-refractivity contribution is -0.137. The quantitative estimate of drug-likeness (QED) is 0.263. The molecule has 2 N–H and O–H groups in total. The Balaban J connectivity index is 1.11. The molecule has 3 aromatic carbocycles. The van der Waals surface area contributed by atoms with Gasteiger partial charge in [-0.05, 0) is 54.0 Å². The van der Waals surface area contributed by atoms with Crippen molar-refractivity contribution in [2.24, 2.45) is 5.16 Å². The summed E-state index contributed by atoms with van der Waals surface area (Å²) in [5.41, 5.74) is 5.31. The first-order valence-electron chi connectivity index (χ1n) is 17.5. The summed E-state index contributed by atoms with van der Waals surface area (Å²) in [5, 5.41) is 10.6. The van der Waals surface area contributed by atoms with Crippen molar-refractivity contribution in [2.45, 2.75) is 88.1 Å². The summed E-state index contributed by atoms with van der Waals surface area (Å²) in [4.78, 5) is 49.1. The Kier molecular flexibility index (Phi) is 9.40. The van der Waals surface area contributed by atoms with Gasteiger partial charge in [0.1, 0.15) is 12.6 Å². The second-order valence-corrected chi connectivity index (χ2v) is 13.6. The van der Waals surface area contributed by atoms with Crippen LogP contribution in [0.2, 0.25) is 0 Å². The van der Waals surface area contributed by atoms with E-state index in [0.717, 1.165) is 52.8 Å². The lowest BCUT2D eigenvalue weighted by Crippen LogP contribution is -2.56. The number of carbonyl (C=O) groups excluding carboxylic acids is 3. The van der Waals surface area contributed by atoms with Gasteiger partial charge in [0, 0.05) is 31.4 Å². The van der Waals surface area contributed by atoms with Crippen molar-refractivity contribution in [3.8, 4) is 11.1 Å². The highest BCUT2D eigenvalue weighted by molar-refractivity contribution is 6.02. The van der Waals surface area contributed by atoms with E-state index in [9.17, 15) is 14.4 Å². The number of oxime groups is 1. The SMILES string of the molecule is CCC[C@H](NC(=O)[C@@H]1C[C@]2(CC(c3ccccc3)=NO2)CN1C(=O)OCC1c2ccccc2-c2ccccc21)C(OCC)C(=O)NC1CC1. The monoisotopic (exact) mass is 664 g/mol. The minimum absolute atomic E-state index is 0.123. The Labute approximate surface area is 287 Å². The van der Waals surface area contributed by atoms with Crippen molar-refractivity contribution in [3.63, 3.8) is 0 Å². The highest BCUT2D eigenvalue weighted by Gasteiger charge is 2.55. The number of hydrogen-bond acceptors (Lipinski definition) is 7. The van der Waals surface area contributed by atoms with Crippen LogP contribution in [0.25, 0.3) is 11.1 Å². The molecular weight excluding hydrogens is 620 g/mol. The molecule has 2 aliphatic heterocycles. The molecule has 10 heteroatoms. The van der Waals surface area contributed by atoms with Crippen LogP contribution in [0.3, 0.4) is 0 Å². The van der Waals surface area contributed by atoms with Gasteiger partial charge in [-0.15, -0.1) is 0 Å². The van der Waals surface area contributed by atoms with Gasteiger partial charge < -0.3 is 24.9 Å². The molecule has 1 spiro atoms. The van der Waals surface area contributed by atoms with Crippen molar-refractivity contribution in [1.29, 1.82) is 0 Å². The van der Waals surface area contributed by atoms with E-state index in [2.05, 4.69) is 40.1 Å². The number of likely N-dealkylation sites (tertiary alicyclic amines) is 1. The Hall–Kier alpha value is -4.70. The minimum atomic E-state index is -0.894. The van der Waals surface area contributed by atoms with Gasteiger partial charge in [0.15, 0.2) is 11.7 Å². The first-order valence-corrected chi connectivity index (χ1v) is 17.5. The Morgan fingerprint density at radius 3 is 2.29 bits per heavy atom. The second kappa shape index (κ2) is 14.0. The van der Waals surface area contributed by atoms with Crippen LogP contribution in [-0.2, 0) is 23.9 Å². The van der Waals surface area contributed by atoms with Crippen molar-refractivity contribution in [1.82, 2.24) is 15.5 Å². The molecular formula is C39H44N4O6. The summed E-state index contributed by atoms with van der Waals surface area (Å²) in [6.45, 7) is 4.43. The van der Waals surface area contributed by atoms with E-state index in [1.807, 2.05) is 68.4 Å². The van der Waals surface area contributed by atoms with E-state index in [0.29, 0.717) is 19.4 Å². The van der Waals surface area contributed by atoms with Gasteiger partial charge in [-0.3, -0.25) is 14.5 Å². The van der Waals surface area contributed by atoms with Crippen LogP contribution in [0.5, 0.6) is 0 Å². The molecule has 0 radical (unpaired) electrons. The number of ether oxygens (including phenoxy) is 2. The number of benzene rings is 3. The number of nitrogens with one attached hydrogen (secondary N) is 2. The van der Waals surface area contributed by atoms with E-state index < -0.39 is 29.9 Å². The van der Waals surface area contributed by atoms with Crippen LogP contribution in [0.1, 0.15) is 75.0 Å². The number of rotatable bonds is 12. The lowest BCUT2D eigenvalue weighted by atomic mass is 9.91. The predicted molar refractivity (Wildman–Crippen MR) is 185 cm³/mol. The van der Waals surface area contributed by atoms with E-state index in [1.54, 1.807) is 0 Å². The van der Waals surface area contributed by atoms with Gasteiger partial charge in [-0.2, -0.15) is 0 Å². The maximum Gasteiger partial charge on any atom is 0.410 e. The first-order chi connectivity index (χ1) is 23.9. The van der Waals surface area contributed by atoms with Gasteiger partial charge >= 0.3 is 6.09 Å². The maximum absolute atomic E-state index is 14.2. The molecule has 7 rings (SSSR count). The molecule has 2 fully saturated rings. The van der Waals surface area contributed by atoms with Gasteiger partial charge in [0.2, 0.25) is 5.91 Å². The van der Waals surface area contributed by atoms with E-state index in [1.165, 1.54) is 4.90 Å². The number of fused-ring (bicyclic) bond motifs is 3. The normalized spacial score (nSPS) is 22.1. The van der Waals surface area contributed by atoms with Crippen LogP contribution in [0.4, 0.5) is 4.79 Å². The molecule has 4 atom stereocenters. The number of nitrogens with zero attached hydrogens (tertiary/aromatic N) is 2. The van der Waals surface area contributed by atoms with Crippen molar-refractivity contribution in [3.05, 3.63) is 95.6 Å². The van der Waals surface area contributed by atoms with Crippen molar-refractivity contribution in [2.75, 3.05) is 19.8 Å². The number of amides is 3. The fourth-order valence-corrected chi connectivity index (χ4v) is 7.51. The molecule has 2 aliphatic carbocycles. The molecule has 4 aliphatic rings. The average molecular weight is 665 g/mol. The highest BCUT2D eigenvalue weighted by Crippen LogP contribution is 2.45. The second-order valence-electron chi connectivity index (χ2n) is 13.6. The van der Waals surface area contributed by atoms with Gasteiger partial charge in [-0.1, -0.05) is 97.4 Å². The van der Waals surface area contributed by atoms with Gasteiger partial charge in [-0.25, -0.2) is 4.79 Å². The molecule has 256 valence electrons.